The van der Waals surface area contributed by atoms with E-state index in [0.717, 1.165) is 35.3 Å². The van der Waals surface area contributed by atoms with Crippen molar-refractivity contribution in [1.29, 1.82) is 5.26 Å². The molecule has 3 heterocycles. The number of hydrogen-bond acceptors (Lipinski definition) is 8. The van der Waals surface area contributed by atoms with Gasteiger partial charge in [-0.15, -0.1) is 0 Å². The molecule has 0 bridgehead atoms. The summed E-state index contributed by atoms with van der Waals surface area (Å²) in [6, 6.07) is 13.4. The minimum absolute atomic E-state index is 0.0896. The van der Waals surface area contributed by atoms with Crippen LogP contribution in [0.4, 0.5) is 16.2 Å². The Hall–Kier alpha value is -4.23. The first-order valence-corrected chi connectivity index (χ1v) is 14.8. The van der Waals surface area contributed by atoms with Gasteiger partial charge in [-0.25, -0.2) is 4.79 Å². The molecular weight excluding hydrogens is 532 g/mol. The first-order chi connectivity index (χ1) is 20.4. The highest BCUT2D eigenvalue weighted by Gasteiger charge is 2.25. The Morgan fingerprint density at radius 1 is 1.05 bits per heavy atom. The molecule has 222 valence electrons. The van der Waals surface area contributed by atoms with Gasteiger partial charge in [0.1, 0.15) is 11.8 Å². The van der Waals surface area contributed by atoms with Crippen molar-refractivity contribution < 1.29 is 19.0 Å². The molecule has 0 saturated carbocycles. The fraction of sp³-hybridized carbons (Fsp3) is 0.469. The van der Waals surface area contributed by atoms with Gasteiger partial charge < -0.3 is 34.2 Å². The summed E-state index contributed by atoms with van der Waals surface area (Å²) in [6.45, 7) is 10.1. The summed E-state index contributed by atoms with van der Waals surface area (Å²) in [5.74, 6) is 2.03. The van der Waals surface area contributed by atoms with Crippen LogP contribution in [0.5, 0.6) is 17.2 Å². The maximum absolute atomic E-state index is 13.0. The zero-order chi connectivity index (χ0) is 29.5. The number of likely N-dealkylation sites (tertiary alicyclic amines) is 1. The molecule has 2 saturated heterocycles. The van der Waals surface area contributed by atoms with E-state index in [9.17, 15) is 10.1 Å². The molecule has 2 fully saturated rings. The molecule has 10 nitrogen and oxygen atoms in total. The van der Waals surface area contributed by atoms with E-state index in [1.54, 1.807) is 18.2 Å². The van der Waals surface area contributed by atoms with Crippen molar-refractivity contribution in [2.45, 2.75) is 39.2 Å². The van der Waals surface area contributed by atoms with Gasteiger partial charge in [0.05, 0.1) is 36.6 Å². The van der Waals surface area contributed by atoms with Gasteiger partial charge >= 0.3 is 6.03 Å². The van der Waals surface area contributed by atoms with Crippen molar-refractivity contribution >= 4 is 28.3 Å². The topological polar surface area (TPSA) is 103 Å². The van der Waals surface area contributed by atoms with E-state index < -0.39 is 0 Å². The predicted molar refractivity (Wildman–Crippen MR) is 164 cm³/mol. The van der Waals surface area contributed by atoms with E-state index in [4.69, 9.17) is 14.2 Å². The van der Waals surface area contributed by atoms with Crippen LogP contribution in [0.3, 0.4) is 0 Å². The number of fused-ring (bicyclic) bond motifs is 1. The second-order valence-corrected chi connectivity index (χ2v) is 11.0. The summed E-state index contributed by atoms with van der Waals surface area (Å²) < 4.78 is 17.5. The molecule has 2 aliphatic rings. The van der Waals surface area contributed by atoms with Crippen molar-refractivity contribution in [1.82, 2.24) is 14.8 Å². The molecule has 0 spiro atoms. The zero-order valence-corrected chi connectivity index (χ0v) is 24.8. The number of methoxy groups -OCH3 is 1. The number of nitrogens with zero attached hydrogens (tertiary/aromatic N) is 5. The Balaban J connectivity index is 1.25. The van der Waals surface area contributed by atoms with Crippen LogP contribution in [-0.2, 0) is 0 Å². The summed E-state index contributed by atoms with van der Waals surface area (Å²) in [4.78, 5) is 24.0. The third-order valence-electron chi connectivity index (χ3n) is 7.68. The molecule has 10 heteroatoms. The Bertz CT molecular complexity index is 1410. The molecule has 0 unspecified atom stereocenters. The Morgan fingerprint density at radius 2 is 1.79 bits per heavy atom. The first-order valence-electron chi connectivity index (χ1n) is 14.8. The van der Waals surface area contributed by atoms with Gasteiger partial charge in [-0.05, 0) is 76.5 Å². The van der Waals surface area contributed by atoms with Crippen LogP contribution in [0.25, 0.3) is 10.9 Å². The van der Waals surface area contributed by atoms with Gasteiger partial charge in [0.15, 0.2) is 11.5 Å². The first kappa shape index (κ1) is 29.3. The van der Waals surface area contributed by atoms with Gasteiger partial charge in [0, 0.05) is 56.1 Å². The predicted octanol–water partition coefficient (Wildman–Crippen LogP) is 5.12. The number of aromatic nitrogens is 1. The highest BCUT2D eigenvalue weighted by atomic mass is 16.5. The maximum Gasteiger partial charge on any atom is 0.321 e. The highest BCUT2D eigenvalue weighted by Crippen LogP contribution is 2.38. The summed E-state index contributed by atoms with van der Waals surface area (Å²) in [5, 5.41) is 13.7. The fourth-order valence-corrected chi connectivity index (χ4v) is 5.58. The lowest BCUT2D eigenvalue weighted by atomic mass is 10.1. The van der Waals surface area contributed by atoms with E-state index in [1.807, 2.05) is 50.2 Å². The monoisotopic (exact) mass is 572 g/mol. The van der Waals surface area contributed by atoms with Gasteiger partial charge in [-0.3, -0.25) is 4.98 Å². The Kier molecular flexibility index (Phi) is 9.49. The number of amides is 2. The molecule has 5 rings (SSSR count). The zero-order valence-electron chi connectivity index (χ0n) is 24.8. The van der Waals surface area contributed by atoms with Crippen LogP contribution < -0.4 is 24.4 Å². The van der Waals surface area contributed by atoms with E-state index in [1.165, 1.54) is 25.9 Å². The Morgan fingerprint density at radius 3 is 2.45 bits per heavy atom. The van der Waals surface area contributed by atoms with Crippen molar-refractivity contribution in [3.8, 4) is 23.3 Å². The summed E-state index contributed by atoms with van der Waals surface area (Å²) in [7, 11) is 1.63. The van der Waals surface area contributed by atoms with Crippen LogP contribution in [0, 0.1) is 11.3 Å². The summed E-state index contributed by atoms with van der Waals surface area (Å²) in [6.07, 6.45) is 5.22. The number of nitrogens with one attached hydrogen (secondary N) is 1. The number of ether oxygens (including phenoxy) is 3. The molecule has 2 aliphatic heterocycles. The maximum atomic E-state index is 13.0. The minimum atomic E-state index is -0.152. The molecule has 2 aromatic carbocycles. The minimum Gasteiger partial charge on any atom is -0.493 e. The van der Waals surface area contributed by atoms with Gasteiger partial charge in [0.2, 0.25) is 0 Å². The Labute approximate surface area is 247 Å². The number of rotatable bonds is 10. The van der Waals surface area contributed by atoms with Crippen molar-refractivity contribution in [3.05, 3.63) is 48.2 Å². The van der Waals surface area contributed by atoms with Crippen LogP contribution >= 0.6 is 0 Å². The average molecular weight is 573 g/mol. The van der Waals surface area contributed by atoms with E-state index in [0.29, 0.717) is 55.5 Å². The SMILES string of the molecule is COc1cc2c(N3CCN(C(=O)Nc4ccc(OC(C)C)cc4)CC3)c(C#N)cnc2cc1OCCCN1CCCC1. The lowest BCUT2D eigenvalue weighted by Gasteiger charge is -2.37. The fourth-order valence-electron chi connectivity index (χ4n) is 5.58. The van der Waals surface area contributed by atoms with E-state index >= 15 is 0 Å². The van der Waals surface area contributed by atoms with Crippen molar-refractivity contribution in [3.63, 3.8) is 0 Å². The highest BCUT2D eigenvalue weighted by molar-refractivity contribution is 5.97. The quantitative estimate of drug-likeness (QED) is 0.334. The second-order valence-electron chi connectivity index (χ2n) is 11.0. The number of benzene rings is 2. The molecule has 1 aromatic heterocycles. The molecule has 42 heavy (non-hydrogen) atoms. The van der Waals surface area contributed by atoms with E-state index in [-0.39, 0.29) is 12.1 Å². The van der Waals surface area contributed by atoms with Crippen molar-refractivity contribution in [2.75, 3.05) is 69.7 Å². The number of nitriles is 1. The number of anilines is 2. The third-order valence-corrected chi connectivity index (χ3v) is 7.68. The molecule has 0 aliphatic carbocycles. The molecule has 3 aromatic rings. The second kappa shape index (κ2) is 13.6. The third kappa shape index (κ3) is 6.97. The van der Waals surface area contributed by atoms with Crippen LogP contribution in [0.1, 0.15) is 38.7 Å². The molecule has 1 N–H and O–H groups in total. The van der Waals surface area contributed by atoms with Crippen LogP contribution in [-0.4, -0.2) is 86.4 Å². The number of hydrogen-bond donors (Lipinski definition) is 1. The smallest absolute Gasteiger partial charge is 0.321 e. The lowest BCUT2D eigenvalue weighted by molar-refractivity contribution is 0.208. The van der Waals surface area contributed by atoms with Crippen LogP contribution in [0.2, 0.25) is 0 Å². The molecule has 0 radical (unpaired) electrons. The summed E-state index contributed by atoms with van der Waals surface area (Å²) >= 11 is 0. The summed E-state index contributed by atoms with van der Waals surface area (Å²) in [5.41, 5.74) is 2.75. The molecule has 2 amide bonds. The van der Waals surface area contributed by atoms with Gasteiger partial charge in [-0.2, -0.15) is 5.26 Å². The number of carbonyl (C=O) groups is 1. The molecule has 0 atom stereocenters. The number of piperazine rings is 1. The van der Waals surface area contributed by atoms with Crippen molar-refractivity contribution in [2.24, 2.45) is 0 Å². The number of pyridine rings is 1. The van der Waals surface area contributed by atoms with Gasteiger partial charge in [0.25, 0.3) is 0 Å². The lowest BCUT2D eigenvalue weighted by Crippen LogP contribution is -2.50. The van der Waals surface area contributed by atoms with Gasteiger partial charge in [-0.1, -0.05) is 0 Å². The number of urea groups is 1. The van der Waals surface area contributed by atoms with E-state index in [2.05, 4.69) is 26.2 Å². The standard InChI is InChI=1S/C32H40N6O4/c1-23(2)42-26-9-7-25(8-10-26)35-32(39)38-16-14-37(15-17-38)31-24(21-33)22-34-28-20-30(29(40-3)19-27(28)31)41-18-6-13-36-11-4-5-12-36/h7-10,19-20,22-23H,4-6,11-18H2,1-3H3,(H,35,39). The number of carbonyl (C=O) groups excluding carboxylic acids is 1. The molecular formula is C32H40N6O4. The largest absolute Gasteiger partial charge is 0.493 e. The average Bonchev–Trinajstić information content (AvgIpc) is 3.53. The van der Waals surface area contributed by atoms with Crippen LogP contribution in [0.15, 0.2) is 42.6 Å². The normalized spacial score (nSPS) is 15.6.